The molecule has 4 rings (SSSR count). The number of ether oxygens (including phenoxy) is 4. The topological polar surface area (TPSA) is 97.9 Å². The molecule has 0 aromatic carbocycles. The fourth-order valence-corrected chi connectivity index (χ4v) is 6.52. The molecule has 1 spiro atoms. The fraction of sp³-hybridized carbons (Fsp3) is 0.833. The average Bonchev–Trinajstić information content (AvgIpc) is 3.49. The third-order valence-corrected chi connectivity index (χ3v) is 8.18. The van der Waals surface area contributed by atoms with Gasteiger partial charge in [0, 0.05) is 38.0 Å². The molecule has 0 unspecified atom stereocenters. The first-order valence-electron chi connectivity index (χ1n) is 11.4. The highest BCUT2D eigenvalue weighted by Gasteiger charge is 2.79. The molecule has 4 fully saturated rings. The number of carbonyl (C=O) groups is 2. The second kappa shape index (κ2) is 7.29. The number of hydrogen-bond acceptors (Lipinski definition) is 7. The maximum absolute atomic E-state index is 12.0. The molecule has 4 aliphatic rings. The first kappa shape index (κ1) is 22.7. The molecule has 2 heterocycles. The molecule has 0 aromatic rings. The smallest absolute Gasteiger partial charge is 0.302 e. The predicted molar refractivity (Wildman–Crippen MR) is 112 cm³/mol. The van der Waals surface area contributed by atoms with Crippen LogP contribution in [0.1, 0.15) is 73.1 Å². The summed E-state index contributed by atoms with van der Waals surface area (Å²) in [6.07, 6.45) is 3.70. The molecule has 31 heavy (non-hydrogen) atoms. The molecule has 0 radical (unpaired) electrons. The van der Waals surface area contributed by atoms with E-state index in [-0.39, 0.29) is 42.8 Å². The van der Waals surface area contributed by atoms with Crippen LogP contribution < -0.4 is 0 Å². The van der Waals surface area contributed by atoms with E-state index in [0.717, 1.165) is 31.3 Å². The lowest BCUT2D eigenvalue weighted by atomic mass is 9.65. The summed E-state index contributed by atoms with van der Waals surface area (Å²) in [6.45, 7) is 13.1. The normalized spacial score (nSPS) is 44.3. The van der Waals surface area contributed by atoms with Crippen molar-refractivity contribution in [2.75, 3.05) is 6.61 Å². The summed E-state index contributed by atoms with van der Waals surface area (Å²) >= 11 is 0. The monoisotopic (exact) mass is 436 g/mol. The van der Waals surface area contributed by atoms with Gasteiger partial charge in [-0.25, -0.2) is 0 Å². The van der Waals surface area contributed by atoms with Gasteiger partial charge >= 0.3 is 11.9 Å². The lowest BCUT2D eigenvalue weighted by Crippen LogP contribution is -2.52. The van der Waals surface area contributed by atoms with Crippen molar-refractivity contribution in [3.8, 4) is 0 Å². The second-order valence-electron chi connectivity index (χ2n) is 10.8. The van der Waals surface area contributed by atoms with Crippen LogP contribution in [0, 0.1) is 11.3 Å². The molecule has 7 heteroatoms. The van der Waals surface area contributed by atoms with Gasteiger partial charge < -0.3 is 24.1 Å². The first-order chi connectivity index (χ1) is 14.3. The zero-order valence-electron chi connectivity index (χ0n) is 19.4. The Morgan fingerprint density at radius 3 is 2.52 bits per heavy atom. The molecule has 174 valence electrons. The Morgan fingerprint density at radius 1 is 1.19 bits per heavy atom. The molecule has 1 N–H and O–H groups in total. The Labute approximate surface area is 184 Å². The Bertz CT molecular complexity index is 785. The molecule has 0 bridgehead atoms. The van der Waals surface area contributed by atoms with E-state index in [1.165, 1.54) is 13.8 Å². The standard InChI is InChI=1S/C24H36O7/c1-14-7-8-18-23(30-18,13-28-15(2)25)12-20-24(31-20)17(21(4,5)27)9-10-22(24,6)19(11-14)29-16(3)26/h17-20,27H,1,7-13H2,2-6H3/t17-,18-,19+,20+,22-,23-,24+/m0/s1. The molecule has 2 aliphatic heterocycles. The zero-order valence-corrected chi connectivity index (χ0v) is 19.4. The lowest BCUT2D eigenvalue weighted by Gasteiger charge is -2.41. The molecular formula is C24H36O7. The van der Waals surface area contributed by atoms with Gasteiger partial charge in [0.05, 0.1) is 17.8 Å². The lowest BCUT2D eigenvalue weighted by molar-refractivity contribution is -0.157. The van der Waals surface area contributed by atoms with Crippen LogP contribution in [0.25, 0.3) is 0 Å². The Balaban J connectivity index is 1.72. The number of epoxide rings is 2. The van der Waals surface area contributed by atoms with E-state index in [9.17, 15) is 14.7 Å². The van der Waals surface area contributed by atoms with Gasteiger partial charge in [0.15, 0.2) is 0 Å². The molecule has 7 atom stereocenters. The quantitative estimate of drug-likeness (QED) is 0.411. The van der Waals surface area contributed by atoms with E-state index in [1.807, 2.05) is 13.8 Å². The van der Waals surface area contributed by atoms with Crippen molar-refractivity contribution >= 4 is 11.9 Å². The van der Waals surface area contributed by atoms with Crippen molar-refractivity contribution < 1.29 is 33.6 Å². The number of rotatable bonds is 4. The summed E-state index contributed by atoms with van der Waals surface area (Å²) in [7, 11) is 0. The number of aliphatic hydroxyl groups is 1. The fourth-order valence-electron chi connectivity index (χ4n) is 6.52. The Kier molecular flexibility index (Phi) is 5.35. The molecular weight excluding hydrogens is 400 g/mol. The molecule has 2 aliphatic carbocycles. The number of carbonyl (C=O) groups excluding carboxylic acids is 2. The van der Waals surface area contributed by atoms with Gasteiger partial charge in [-0.2, -0.15) is 0 Å². The van der Waals surface area contributed by atoms with Crippen LogP contribution in [0.4, 0.5) is 0 Å². The average molecular weight is 437 g/mol. The van der Waals surface area contributed by atoms with Gasteiger partial charge in [-0.05, 0) is 39.5 Å². The van der Waals surface area contributed by atoms with Gasteiger partial charge in [0.2, 0.25) is 0 Å². The number of esters is 2. The molecule has 2 saturated carbocycles. The van der Waals surface area contributed by atoms with Crippen LogP contribution in [0.15, 0.2) is 12.2 Å². The SMILES string of the molecule is C=C1CC[C@@H]2O[C@]2(COC(C)=O)C[C@H]2O[C@]23[C@H](C(C)(C)O)CC[C@@]3(C)[C@H](OC(C)=O)C1. The van der Waals surface area contributed by atoms with Crippen LogP contribution in [-0.4, -0.2) is 58.8 Å². The van der Waals surface area contributed by atoms with E-state index >= 15 is 0 Å². The van der Waals surface area contributed by atoms with Gasteiger partial charge in [0.1, 0.15) is 23.9 Å². The summed E-state index contributed by atoms with van der Waals surface area (Å²) in [4.78, 5) is 23.5. The van der Waals surface area contributed by atoms with Gasteiger partial charge in [-0.15, -0.1) is 0 Å². The van der Waals surface area contributed by atoms with E-state index in [0.29, 0.717) is 12.8 Å². The van der Waals surface area contributed by atoms with E-state index in [4.69, 9.17) is 18.9 Å². The number of fused-ring (bicyclic) bond motifs is 1. The van der Waals surface area contributed by atoms with Crippen LogP contribution in [-0.2, 0) is 28.5 Å². The zero-order chi connectivity index (χ0) is 22.8. The third-order valence-electron chi connectivity index (χ3n) is 8.18. The molecule has 0 amide bonds. The Hall–Kier alpha value is -1.44. The summed E-state index contributed by atoms with van der Waals surface area (Å²) in [5.74, 6) is -0.751. The molecule has 7 nitrogen and oxygen atoms in total. The minimum Gasteiger partial charge on any atom is -0.463 e. The highest BCUT2D eigenvalue weighted by Crippen LogP contribution is 2.70. The number of hydrogen-bond donors (Lipinski definition) is 1. The van der Waals surface area contributed by atoms with Crippen LogP contribution in [0.3, 0.4) is 0 Å². The summed E-state index contributed by atoms with van der Waals surface area (Å²) in [6, 6.07) is 0. The minimum atomic E-state index is -0.947. The third kappa shape index (κ3) is 3.72. The predicted octanol–water partition coefficient (Wildman–Crippen LogP) is 3.07. The van der Waals surface area contributed by atoms with Crippen molar-refractivity contribution in [1.82, 2.24) is 0 Å². The van der Waals surface area contributed by atoms with E-state index in [1.54, 1.807) is 0 Å². The first-order valence-corrected chi connectivity index (χ1v) is 11.4. The highest BCUT2D eigenvalue weighted by atomic mass is 16.7. The van der Waals surface area contributed by atoms with Gasteiger partial charge in [-0.1, -0.05) is 19.1 Å². The van der Waals surface area contributed by atoms with Crippen molar-refractivity contribution in [2.45, 2.75) is 108 Å². The minimum absolute atomic E-state index is 0.0247. The molecule has 0 aromatic heterocycles. The maximum atomic E-state index is 12.0. The van der Waals surface area contributed by atoms with Crippen LogP contribution in [0.2, 0.25) is 0 Å². The van der Waals surface area contributed by atoms with Crippen molar-refractivity contribution in [3.05, 3.63) is 12.2 Å². The largest absolute Gasteiger partial charge is 0.463 e. The second-order valence-corrected chi connectivity index (χ2v) is 10.8. The van der Waals surface area contributed by atoms with Crippen LogP contribution >= 0.6 is 0 Å². The van der Waals surface area contributed by atoms with Crippen molar-refractivity contribution in [1.29, 1.82) is 0 Å². The van der Waals surface area contributed by atoms with Gasteiger partial charge in [0.25, 0.3) is 0 Å². The molecule has 2 saturated heterocycles. The summed E-state index contributed by atoms with van der Waals surface area (Å²) < 4.78 is 23.9. The summed E-state index contributed by atoms with van der Waals surface area (Å²) in [5.41, 5.74) is -1.60. The Morgan fingerprint density at radius 2 is 1.90 bits per heavy atom. The van der Waals surface area contributed by atoms with E-state index < -0.39 is 22.2 Å². The van der Waals surface area contributed by atoms with Crippen molar-refractivity contribution in [2.24, 2.45) is 11.3 Å². The van der Waals surface area contributed by atoms with Crippen LogP contribution in [0.5, 0.6) is 0 Å². The maximum Gasteiger partial charge on any atom is 0.302 e. The summed E-state index contributed by atoms with van der Waals surface area (Å²) in [5, 5.41) is 11.0. The van der Waals surface area contributed by atoms with E-state index in [2.05, 4.69) is 13.5 Å². The van der Waals surface area contributed by atoms with Crippen molar-refractivity contribution in [3.63, 3.8) is 0 Å². The highest BCUT2D eigenvalue weighted by molar-refractivity contribution is 5.66. The van der Waals surface area contributed by atoms with Gasteiger partial charge in [-0.3, -0.25) is 9.59 Å².